The van der Waals surface area contributed by atoms with Gasteiger partial charge >= 0.3 is 0 Å². The monoisotopic (exact) mass is 294 g/mol. The van der Waals surface area contributed by atoms with Gasteiger partial charge in [-0.2, -0.15) is 0 Å². The van der Waals surface area contributed by atoms with Crippen molar-refractivity contribution in [2.75, 3.05) is 0 Å². The number of benzene rings is 1. The van der Waals surface area contributed by atoms with Gasteiger partial charge in [0.1, 0.15) is 5.38 Å². The van der Waals surface area contributed by atoms with E-state index in [2.05, 4.69) is 15.9 Å². The van der Waals surface area contributed by atoms with Crippen LogP contribution >= 0.6 is 39.1 Å². The van der Waals surface area contributed by atoms with E-state index in [1.807, 2.05) is 18.2 Å². The maximum Gasteiger partial charge on any atom is 0.152 e. The van der Waals surface area contributed by atoms with Gasteiger partial charge in [-0.25, -0.2) is 0 Å². The number of alkyl halides is 2. The molecule has 76 valence electrons. The van der Waals surface area contributed by atoms with Crippen LogP contribution in [0.5, 0.6) is 0 Å². The maximum absolute atomic E-state index is 11.1. The molecule has 0 aliphatic carbocycles. The van der Waals surface area contributed by atoms with Gasteiger partial charge in [0.05, 0.1) is 0 Å². The van der Waals surface area contributed by atoms with Crippen LogP contribution in [0.1, 0.15) is 23.4 Å². The smallest absolute Gasteiger partial charge is 0.152 e. The first kappa shape index (κ1) is 12.0. The van der Waals surface area contributed by atoms with Gasteiger partial charge in [-0.1, -0.05) is 28.1 Å². The van der Waals surface area contributed by atoms with Crippen molar-refractivity contribution in [3.63, 3.8) is 0 Å². The third-order valence-corrected chi connectivity index (χ3v) is 3.39. The average molecular weight is 296 g/mol. The standard InChI is InChI=1S/C10H9BrCl2O/c1-6(14)10(13)8-3-2-7(5-12)4-9(8)11/h2-4,10H,5H2,1H3. The first-order valence-corrected chi connectivity index (χ1v) is 5.81. The van der Waals surface area contributed by atoms with Crippen molar-refractivity contribution in [3.8, 4) is 0 Å². The van der Waals surface area contributed by atoms with Crippen LogP contribution in [0.25, 0.3) is 0 Å². The van der Waals surface area contributed by atoms with E-state index in [4.69, 9.17) is 23.2 Å². The van der Waals surface area contributed by atoms with Gasteiger partial charge in [-0.05, 0) is 24.1 Å². The predicted octanol–water partition coefficient (Wildman–Crippen LogP) is 4.06. The van der Waals surface area contributed by atoms with Crippen molar-refractivity contribution < 1.29 is 4.79 Å². The highest BCUT2D eigenvalue weighted by molar-refractivity contribution is 9.10. The van der Waals surface area contributed by atoms with Crippen LogP contribution in [0.2, 0.25) is 0 Å². The summed E-state index contributed by atoms with van der Waals surface area (Å²) in [6.45, 7) is 1.47. The lowest BCUT2D eigenvalue weighted by Gasteiger charge is -2.09. The fourth-order valence-electron chi connectivity index (χ4n) is 1.08. The summed E-state index contributed by atoms with van der Waals surface area (Å²) < 4.78 is 0.825. The van der Waals surface area contributed by atoms with Crippen LogP contribution in [0.4, 0.5) is 0 Å². The van der Waals surface area contributed by atoms with Crippen LogP contribution in [-0.2, 0) is 10.7 Å². The van der Waals surface area contributed by atoms with Crippen LogP contribution < -0.4 is 0 Å². The number of hydrogen-bond donors (Lipinski definition) is 0. The molecule has 0 N–H and O–H groups in total. The normalized spacial score (nSPS) is 12.6. The molecule has 0 aliphatic heterocycles. The first-order valence-electron chi connectivity index (χ1n) is 4.05. The number of rotatable bonds is 3. The Bertz CT molecular complexity index is 352. The zero-order valence-electron chi connectivity index (χ0n) is 7.56. The SMILES string of the molecule is CC(=O)C(Cl)c1ccc(CCl)cc1Br. The molecule has 1 aromatic rings. The third-order valence-electron chi connectivity index (χ3n) is 1.85. The summed E-state index contributed by atoms with van der Waals surface area (Å²) in [7, 11) is 0. The lowest BCUT2D eigenvalue weighted by molar-refractivity contribution is -0.116. The van der Waals surface area contributed by atoms with E-state index in [9.17, 15) is 4.79 Å². The van der Waals surface area contributed by atoms with E-state index in [1.165, 1.54) is 6.92 Å². The summed E-state index contributed by atoms with van der Waals surface area (Å²) in [5.74, 6) is 0.386. The van der Waals surface area contributed by atoms with Gasteiger partial charge in [0.25, 0.3) is 0 Å². The second kappa shape index (κ2) is 5.15. The van der Waals surface area contributed by atoms with E-state index in [0.29, 0.717) is 5.88 Å². The molecule has 1 atom stereocenters. The lowest BCUT2D eigenvalue weighted by atomic mass is 10.1. The second-order valence-electron chi connectivity index (χ2n) is 2.96. The summed E-state index contributed by atoms with van der Waals surface area (Å²) in [6, 6.07) is 5.56. The third kappa shape index (κ3) is 2.72. The maximum atomic E-state index is 11.1. The molecule has 0 spiro atoms. The highest BCUT2D eigenvalue weighted by Gasteiger charge is 2.15. The Balaban J connectivity index is 3.05. The zero-order valence-corrected chi connectivity index (χ0v) is 10.7. The van der Waals surface area contributed by atoms with Gasteiger partial charge in [-0.3, -0.25) is 4.79 Å². The van der Waals surface area contributed by atoms with E-state index in [-0.39, 0.29) is 5.78 Å². The fourth-order valence-corrected chi connectivity index (χ4v) is 2.22. The predicted molar refractivity (Wildman–Crippen MR) is 63.0 cm³/mol. The second-order valence-corrected chi connectivity index (χ2v) is 4.52. The molecule has 0 fully saturated rings. The topological polar surface area (TPSA) is 17.1 Å². The lowest BCUT2D eigenvalue weighted by Crippen LogP contribution is -2.02. The largest absolute Gasteiger partial charge is 0.298 e. The van der Waals surface area contributed by atoms with Crippen molar-refractivity contribution in [1.29, 1.82) is 0 Å². The van der Waals surface area contributed by atoms with Gasteiger partial charge in [-0.15, -0.1) is 23.2 Å². The molecule has 1 unspecified atom stereocenters. The molecule has 0 aromatic heterocycles. The van der Waals surface area contributed by atoms with Crippen LogP contribution in [0.15, 0.2) is 22.7 Å². The van der Waals surface area contributed by atoms with Crippen molar-refractivity contribution in [2.24, 2.45) is 0 Å². The Kier molecular flexibility index (Phi) is 4.42. The molecule has 0 bridgehead atoms. The molecule has 0 saturated heterocycles. The molecule has 0 heterocycles. The number of Topliss-reactive ketones (excluding diaryl/α,β-unsaturated/α-hetero) is 1. The van der Waals surface area contributed by atoms with Crippen molar-refractivity contribution in [2.45, 2.75) is 18.2 Å². The van der Waals surface area contributed by atoms with Gasteiger partial charge in [0.15, 0.2) is 5.78 Å². The molecule has 0 amide bonds. The minimum absolute atomic E-state index is 0.0639. The van der Waals surface area contributed by atoms with Crippen LogP contribution in [0, 0.1) is 0 Å². The van der Waals surface area contributed by atoms with Crippen molar-refractivity contribution >= 4 is 44.9 Å². The van der Waals surface area contributed by atoms with Gasteiger partial charge in [0, 0.05) is 10.4 Å². The van der Waals surface area contributed by atoms with E-state index < -0.39 is 5.38 Å². The zero-order chi connectivity index (χ0) is 10.7. The van der Waals surface area contributed by atoms with Crippen molar-refractivity contribution in [1.82, 2.24) is 0 Å². The molecule has 0 saturated carbocycles. The number of halogens is 3. The number of hydrogen-bond acceptors (Lipinski definition) is 1. The molecule has 0 radical (unpaired) electrons. The Morgan fingerprint density at radius 1 is 1.57 bits per heavy atom. The summed E-state index contributed by atoms with van der Waals surface area (Å²) in [6.07, 6.45) is 0. The molecule has 1 nitrogen and oxygen atoms in total. The Morgan fingerprint density at radius 3 is 2.64 bits per heavy atom. The molecule has 4 heteroatoms. The summed E-state index contributed by atoms with van der Waals surface area (Å²) in [4.78, 5) is 11.1. The summed E-state index contributed by atoms with van der Waals surface area (Å²) in [5.41, 5.74) is 1.78. The van der Waals surface area contributed by atoms with Crippen molar-refractivity contribution in [3.05, 3.63) is 33.8 Å². The molecule has 1 aromatic carbocycles. The van der Waals surface area contributed by atoms with Crippen LogP contribution in [-0.4, -0.2) is 5.78 Å². The Hall–Kier alpha value is -0.0500. The Labute approximate surface area is 102 Å². The minimum atomic E-state index is -0.589. The summed E-state index contributed by atoms with van der Waals surface area (Å²) in [5, 5.41) is -0.589. The van der Waals surface area contributed by atoms with E-state index >= 15 is 0 Å². The van der Waals surface area contributed by atoms with E-state index in [0.717, 1.165) is 15.6 Å². The molecular formula is C10H9BrCl2O. The number of ketones is 1. The average Bonchev–Trinajstić information content (AvgIpc) is 2.16. The quantitative estimate of drug-likeness (QED) is 0.769. The fraction of sp³-hybridized carbons (Fsp3) is 0.300. The number of carbonyl (C=O) groups is 1. The van der Waals surface area contributed by atoms with Crippen LogP contribution in [0.3, 0.4) is 0 Å². The van der Waals surface area contributed by atoms with Gasteiger partial charge < -0.3 is 0 Å². The highest BCUT2D eigenvalue weighted by atomic mass is 79.9. The molecular weight excluding hydrogens is 287 g/mol. The van der Waals surface area contributed by atoms with Gasteiger partial charge in [0.2, 0.25) is 0 Å². The molecule has 14 heavy (non-hydrogen) atoms. The summed E-state index contributed by atoms with van der Waals surface area (Å²) >= 11 is 15.0. The van der Waals surface area contributed by atoms with E-state index in [1.54, 1.807) is 0 Å². The molecule has 0 aliphatic rings. The minimum Gasteiger partial charge on any atom is -0.298 e. The number of carbonyl (C=O) groups excluding carboxylic acids is 1. The Morgan fingerprint density at radius 2 is 2.21 bits per heavy atom. The first-order chi connectivity index (χ1) is 6.56. The molecule has 1 rings (SSSR count). The highest BCUT2D eigenvalue weighted by Crippen LogP contribution is 2.29.